The molecule has 3 rings (SSSR count). The molecule has 0 aliphatic carbocycles. The van der Waals surface area contributed by atoms with E-state index in [0.29, 0.717) is 39.3 Å². The molecular formula is C15H21N3O3S. The van der Waals surface area contributed by atoms with E-state index in [2.05, 4.69) is 5.32 Å². The minimum atomic E-state index is -0.270. The van der Waals surface area contributed by atoms with Crippen LogP contribution in [0.5, 0.6) is 0 Å². The van der Waals surface area contributed by atoms with E-state index in [-0.39, 0.29) is 24.0 Å². The van der Waals surface area contributed by atoms with Gasteiger partial charge in [0.15, 0.2) is 0 Å². The van der Waals surface area contributed by atoms with Crippen molar-refractivity contribution in [3.8, 4) is 0 Å². The molecule has 120 valence electrons. The van der Waals surface area contributed by atoms with Crippen LogP contribution in [0.4, 0.5) is 0 Å². The van der Waals surface area contributed by atoms with Crippen LogP contribution in [0.25, 0.3) is 0 Å². The maximum absolute atomic E-state index is 12.6. The number of hydrogen-bond donors (Lipinski definition) is 1. The van der Waals surface area contributed by atoms with E-state index in [1.54, 1.807) is 0 Å². The first-order chi connectivity index (χ1) is 10.7. The predicted octanol–water partition coefficient (Wildman–Crippen LogP) is 0.409. The lowest BCUT2D eigenvalue weighted by Gasteiger charge is -2.38. The molecule has 2 atom stereocenters. The maximum atomic E-state index is 12.6. The molecule has 1 aromatic heterocycles. The van der Waals surface area contributed by atoms with Gasteiger partial charge >= 0.3 is 0 Å². The van der Waals surface area contributed by atoms with Crippen molar-refractivity contribution in [2.75, 3.05) is 39.3 Å². The highest BCUT2D eigenvalue weighted by Gasteiger charge is 2.33. The van der Waals surface area contributed by atoms with Gasteiger partial charge in [-0.1, -0.05) is 0 Å². The third-order valence-electron chi connectivity index (χ3n) is 4.23. The number of thiophene rings is 1. The average molecular weight is 323 g/mol. The number of carbonyl (C=O) groups is 2. The molecule has 1 aromatic rings. The fraction of sp³-hybridized carbons (Fsp3) is 0.600. The number of nitrogens with one attached hydrogen (secondary N) is 1. The van der Waals surface area contributed by atoms with Crippen LogP contribution in [0, 0.1) is 0 Å². The van der Waals surface area contributed by atoms with Crippen LogP contribution < -0.4 is 5.32 Å². The molecule has 0 unspecified atom stereocenters. The summed E-state index contributed by atoms with van der Waals surface area (Å²) < 4.78 is 5.54. The van der Waals surface area contributed by atoms with Gasteiger partial charge in [0.25, 0.3) is 5.91 Å². The number of ether oxygens (including phenoxy) is 1. The highest BCUT2D eigenvalue weighted by Crippen LogP contribution is 2.14. The number of morpholine rings is 1. The minimum absolute atomic E-state index is 0.0563. The van der Waals surface area contributed by atoms with Gasteiger partial charge in [-0.2, -0.15) is 11.3 Å². The van der Waals surface area contributed by atoms with Crippen molar-refractivity contribution in [2.24, 2.45) is 0 Å². The highest BCUT2D eigenvalue weighted by molar-refractivity contribution is 7.08. The quantitative estimate of drug-likeness (QED) is 0.856. The number of rotatable bonds is 2. The Balaban J connectivity index is 1.55. The van der Waals surface area contributed by atoms with Crippen LogP contribution in [-0.2, 0) is 9.53 Å². The predicted molar refractivity (Wildman–Crippen MR) is 84.0 cm³/mol. The molecule has 2 saturated heterocycles. The fourth-order valence-corrected chi connectivity index (χ4v) is 3.53. The Labute approximate surface area is 134 Å². The Morgan fingerprint density at radius 3 is 2.64 bits per heavy atom. The highest BCUT2D eigenvalue weighted by atomic mass is 32.1. The molecule has 3 heterocycles. The van der Waals surface area contributed by atoms with Gasteiger partial charge < -0.3 is 19.9 Å². The van der Waals surface area contributed by atoms with Crippen LogP contribution in [0.1, 0.15) is 17.3 Å². The van der Waals surface area contributed by atoms with Crippen LogP contribution in [0.2, 0.25) is 0 Å². The zero-order valence-corrected chi connectivity index (χ0v) is 13.5. The average Bonchev–Trinajstić information content (AvgIpc) is 3.09. The number of hydrogen-bond acceptors (Lipinski definition) is 5. The number of piperazine rings is 1. The van der Waals surface area contributed by atoms with E-state index in [4.69, 9.17) is 4.74 Å². The minimum Gasteiger partial charge on any atom is -0.375 e. The second-order valence-corrected chi connectivity index (χ2v) is 6.42. The largest absolute Gasteiger partial charge is 0.375 e. The van der Waals surface area contributed by atoms with Gasteiger partial charge in [0.2, 0.25) is 5.91 Å². The van der Waals surface area contributed by atoms with Crippen molar-refractivity contribution < 1.29 is 14.3 Å². The topological polar surface area (TPSA) is 61.9 Å². The lowest BCUT2D eigenvalue weighted by atomic mass is 10.1. The van der Waals surface area contributed by atoms with E-state index in [0.717, 1.165) is 5.56 Å². The molecule has 6 nitrogen and oxygen atoms in total. The Hall–Kier alpha value is -1.44. The van der Waals surface area contributed by atoms with E-state index >= 15 is 0 Å². The summed E-state index contributed by atoms with van der Waals surface area (Å²) in [6.07, 6.45) is -0.105. The van der Waals surface area contributed by atoms with E-state index in [1.165, 1.54) is 11.3 Å². The second-order valence-electron chi connectivity index (χ2n) is 5.64. The second kappa shape index (κ2) is 6.76. The standard InChI is InChI=1S/C15H21N3O3S/c1-11-13(16-3-8-21-11)15(20)18-6-4-17(5-7-18)14(19)12-2-9-22-10-12/h2,9-11,13,16H,3-8H2,1H3/t11-,13+/m1/s1. The third-order valence-corrected chi connectivity index (χ3v) is 4.91. The van der Waals surface area contributed by atoms with Crippen LogP contribution in [0.15, 0.2) is 16.8 Å². The number of nitrogens with zero attached hydrogens (tertiary/aromatic N) is 2. The van der Waals surface area contributed by atoms with Crippen molar-refractivity contribution in [1.29, 1.82) is 0 Å². The molecule has 7 heteroatoms. The van der Waals surface area contributed by atoms with Gasteiger partial charge in [-0.3, -0.25) is 9.59 Å². The molecule has 2 amide bonds. The van der Waals surface area contributed by atoms with Crippen molar-refractivity contribution in [3.05, 3.63) is 22.4 Å². The Bertz CT molecular complexity index is 526. The Kier molecular flexibility index (Phi) is 4.75. The summed E-state index contributed by atoms with van der Waals surface area (Å²) in [5.41, 5.74) is 0.737. The molecule has 2 fully saturated rings. The molecule has 0 saturated carbocycles. The molecule has 2 aliphatic rings. The van der Waals surface area contributed by atoms with Crippen LogP contribution >= 0.6 is 11.3 Å². The van der Waals surface area contributed by atoms with Gasteiger partial charge in [0.1, 0.15) is 6.04 Å². The summed E-state index contributed by atoms with van der Waals surface area (Å²) in [5, 5.41) is 7.00. The molecular weight excluding hydrogens is 302 g/mol. The van der Waals surface area contributed by atoms with Crippen molar-refractivity contribution in [3.63, 3.8) is 0 Å². The smallest absolute Gasteiger partial charge is 0.254 e. The van der Waals surface area contributed by atoms with E-state index in [9.17, 15) is 9.59 Å². The van der Waals surface area contributed by atoms with Gasteiger partial charge in [-0.05, 0) is 18.4 Å². The molecule has 0 radical (unpaired) electrons. The monoisotopic (exact) mass is 323 g/mol. The zero-order chi connectivity index (χ0) is 15.5. The Morgan fingerprint density at radius 2 is 2.00 bits per heavy atom. The number of carbonyl (C=O) groups excluding carboxylic acids is 2. The van der Waals surface area contributed by atoms with Crippen LogP contribution in [-0.4, -0.2) is 73.1 Å². The van der Waals surface area contributed by atoms with Crippen molar-refractivity contribution in [1.82, 2.24) is 15.1 Å². The van der Waals surface area contributed by atoms with Gasteiger partial charge in [-0.25, -0.2) is 0 Å². The number of amides is 2. The molecule has 22 heavy (non-hydrogen) atoms. The first-order valence-electron chi connectivity index (χ1n) is 7.62. The SMILES string of the molecule is C[C@H]1OCCN[C@@H]1C(=O)N1CCN(C(=O)c2ccsc2)CC1. The normalized spacial score (nSPS) is 26.0. The lowest BCUT2D eigenvalue weighted by Crippen LogP contribution is -2.60. The summed E-state index contributed by atoms with van der Waals surface area (Å²) in [6, 6.07) is 1.57. The molecule has 0 aromatic carbocycles. The summed E-state index contributed by atoms with van der Waals surface area (Å²) >= 11 is 1.52. The Morgan fingerprint density at radius 1 is 1.27 bits per heavy atom. The fourth-order valence-electron chi connectivity index (χ4n) is 2.90. The summed E-state index contributed by atoms with van der Waals surface area (Å²) in [4.78, 5) is 28.5. The lowest BCUT2D eigenvalue weighted by molar-refractivity contribution is -0.140. The third kappa shape index (κ3) is 3.16. The summed E-state index contributed by atoms with van der Waals surface area (Å²) in [5.74, 6) is 0.135. The molecule has 1 N–H and O–H groups in total. The molecule has 2 aliphatic heterocycles. The first-order valence-corrected chi connectivity index (χ1v) is 8.56. The van der Waals surface area contributed by atoms with Crippen LogP contribution in [0.3, 0.4) is 0 Å². The van der Waals surface area contributed by atoms with Crippen molar-refractivity contribution >= 4 is 23.2 Å². The first kappa shape index (κ1) is 15.5. The van der Waals surface area contributed by atoms with Gasteiger partial charge in [-0.15, -0.1) is 0 Å². The van der Waals surface area contributed by atoms with E-state index in [1.807, 2.05) is 33.6 Å². The van der Waals surface area contributed by atoms with Crippen molar-refractivity contribution in [2.45, 2.75) is 19.1 Å². The molecule has 0 spiro atoms. The summed E-state index contributed by atoms with van der Waals surface area (Å²) in [7, 11) is 0. The molecule has 0 bridgehead atoms. The van der Waals surface area contributed by atoms with Gasteiger partial charge in [0, 0.05) is 38.1 Å². The maximum Gasteiger partial charge on any atom is 0.254 e. The van der Waals surface area contributed by atoms with Gasteiger partial charge in [0.05, 0.1) is 18.3 Å². The van der Waals surface area contributed by atoms with E-state index < -0.39 is 0 Å². The summed E-state index contributed by atoms with van der Waals surface area (Å²) in [6.45, 7) is 5.61. The zero-order valence-electron chi connectivity index (χ0n) is 12.7.